The number of hydrogen-bond donors (Lipinski definition) is 0. The summed E-state index contributed by atoms with van der Waals surface area (Å²) in [7, 11) is 0. The molecule has 1 fully saturated rings. The lowest BCUT2D eigenvalue weighted by molar-refractivity contribution is -0.117. The van der Waals surface area contributed by atoms with Crippen LogP contribution in [-0.4, -0.2) is 17.1 Å². The van der Waals surface area contributed by atoms with Gasteiger partial charge in [0.05, 0.1) is 5.69 Å². The van der Waals surface area contributed by atoms with Crippen LogP contribution < -0.4 is 0 Å². The fourth-order valence-electron chi connectivity index (χ4n) is 5.03. The third-order valence-electron chi connectivity index (χ3n) is 5.94. The molecule has 0 aliphatic heterocycles. The molecule has 0 saturated heterocycles. The Bertz CT molecular complexity index is 841. The summed E-state index contributed by atoms with van der Waals surface area (Å²) in [5, 5.41) is 0. The van der Waals surface area contributed by atoms with Gasteiger partial charge in [-0.2, -0.15) is 0 Å². The summed E-state index contributed by atoms with van der Waals surface area (Å²) in [6, 6.07) is 10.2. The van der Waals surface area contributed by atoms with Gasteiger partial charge >= 0.3 is 0 Å². The van der Waals surface area contributed by atoms with Crippen LogP contribution in [0.3, 0.4) is 0 Å². The Hall–Kier alpha value is -2.29. The topological polar surface area (TPSA) is 47.0 Å². The van der Waals surface area contributed by atoms with E-state index in [2.05, 4.69) is 31.0 Å². The van der Waals surface area contributed by atoms with Crippen molar-refractivity contribution in [2.45, 2.75) is 43.9 Å². The van der Waals surface area contributed by atoms with E-state index in [1.54, 1.807) is 6.20 Å². The number of carbonyl (C=O) groups is 2. The predicted molar refractivity (Wildman–Crippen MR) is 88.4 cm³/mol. The van der Waals surface area contributed by atoms with Crippen LogP contribution in [0, 0.1) is 6.92 Å². The SMILES string of the molecule is Cc1cccc2c1C1(C)CC(=O)CC1(CC=O)c1cccnc1-2. The van der Waals surface area contributed by atoms with E-state index in [0.717, 1.165) is 23.1 Å². The molecule has 0 amide bonds. The number of fused-ring (bicyclic) bond motifs is 6. The van der Waals surface area contributed by atoms with Crippen LogP contribution in [0.2, 0.25) is 0 Å². The number of pyridine rings is 1. The summed E-state index contributed by atoms with van der Waals surface area (Å²) in [5.74, 6) is 0.236. The number of benzene rings is 1. The van der Waals surface area contributed by atoms with Crippen LogP contribution in [-0.2, 0) is 20.4 Å². The first-order valence-corrected chi connectivity index (χ1v) is 8.05. The summed E-state index contributed by atoms with van der Waals surface area (Å²) in [4.78, 5) is 28.6. The van der Waals surface area contributed by atoms with Crippen molar-refractivity contribution in [1.29, 1.82) is 0 Å². The van der Waals surface area contributed by atoms with E-state index >= 15 is 0 Å². The normalized spacial score (nSPS) is 28.0. The average molecular weight is 305 g/mol. The molecule has 1 aromatic carbocycles. The lowest BCUT2D eigenvalue weighted by atomic mass is 9.53. The van der Waals surface area contributed by atoms with Crippen molar-refractivity contribution >= 4 is 12.1 Å². The lowest BCUT2D eigenvalue weighted by Gasteiger charge is -2.48. The molecule has 3 heteroatoms. The number of rotatable bonds is 2. The van der Waals surface area contributed by atoms with Gasteiger partial charge in [0.2, 0.25) is 0 Å². The molecular formula is C20H19NO2. The maximum absolute atomic E-state index is 12.5. The van der Waals surface area contributed by atoms with E-state index < -0.39 is 5.41 Å². The molecule has 0 bridgehead atoms. The number of aromatic nitrogens is 1. The maximum atomic E-state index is 12.5. The fraction of sp³-hybridized carbons (Fsp3) is 0.350. The predicted octanol–water partition coefficient (Wildman–Crippen LogP) is 3.52. The second kappa shape index (κ2) is 4.60. The highest BCUT2D eigenvalue weighted by Crippen LogP contribution is 2.62. The molecule has 1 saturated carbocycles. The zero-order valence-corrected chi connectivity index (χ0v) is 13.4. The van der Waals surface area contributed by atoms with Crippen molar-refractivity contribution < 1.29 is 9.59 Å². The maximum Gasteiger partial charge on any atom is 0.134 e. The van der Waals surface area contributed by atoms with Crippen molar-refractivity contribution in [2.24, 2.45) is 0 Å². The summed E-state index contributed by atoms with van der Waals surface area (Å²) >= 11 is 0. The van der Waals surface area contributed by atoms with Gasteiger partial charge in [-0.15, -0.1) is 0 Å². The molecule has 2 atom stereocenters. The average Bonchev–Trinajstić information content (AvgIpc) is 2.79. The number of ketones is 1. The Kier molecular flexibility index (Phi) is 2.87. The first-order chi connectivity index (χ1) is 11.0. The summed E-state index contributed by atoms with van der Waals surface area (Å²) in [6.45, 7) is 4.25. The summed E-state index contributed by atoms with van der Waals surface area (Å²) < 4.78 is 0. The number of aryl methyl sites for hydroxylation is 1. The van der Waals surface area contributed by atoms with E-state index in [1.165, 1.54) is 11.1 Å². The van der Waals surface area contributed by atoms with E-state index in [9.17, 15) is 9.59 Å². The molecule has 2 aliphatic rings. The van der Waals surface area contributed by atoms with Gasteiger partial charge in [0.1, 0.15) is 12.1 Å². The van der Waals surface area contributed by atoms with E-state index in [0.29, 0.717) is 19.3 Å². The van der Waals surface area contributed by atoms with Gasteiger partial charge in [-0.05, 0) is 29.7 Å². The largest absolute Gasteiger partial charge is 0.303 e. The van der Waals surface area contributed by atoms with Crippen LogP contribution in [0.15, 0.2) is 36.5 Å². The Labute approximate surface area is 135 Å². The lowest BCUT2D eigenvalue weighted by Crippen LogP contribution is -2.46. The van der Waals surface area contributed by atoms with Crippen molar-refractivity contribution in [3.8, 4) is 11.3 Å². The molecule has 0 N–H and O–H groups in total. The number of nitrogens with zero attached hydrogens (tertiary/aromatic N) is 1. The van der Waals surface area contributed by atoms with Crippen molar-refractivity contribution in [1.82, 2.24) is 4.98 Å². The van der Waals surface area contributed by atoms with Crippen LogP contribution in [0.5, 0.6) is 0 Å². The van der Waals surface area contributed by atoms with E-state index in [4.69, 9.17) is 0 Å². The molecule has 4 rings (SSSR count). The highest BCUT2D eigenvalue weighted by Gasteiger charge is 2.60. The highest BCUT2D eigenvalue weighted by atomic mass is 16.1. The minimum absolute atomic E-state index is 0.236. The van der Waals surface area contributed by atoms with Crippen LogP contribution in [0.1, 0.15) is 42.9 Å². The molecule has 1 aromatic heterocycles. The molecule has 0 spiro atoms. The number of Topliss-reactive ketones (excluding diaryl/α,β-unsaturated/α-hetero) is 1. The molecule has 2 aliphatic carbocycles. The minimum Gasteiger partial charge on any atom is -0.303 e. The third-order valence-corrected chi connectivity index (χ3v) is 5.94. The molecule has 2 unspecified atom stereocenters. The molecule has 116 valence electrons. The first-order valence-electron chi connectivity index (χ1n) is 8.05. The van der Waals surface area contributed by atoms with Crippen LogP contribution in [0.4, 0.5) is 0 Å². The summed E-state index contributed by atoms with van der Waals surface area (Å²) in [6.07, 6.45) is 4.04. The van der Waals surface area contributed by atoms with E-state index in [1.807, 2.05) is 18.2 Å². The Morgan fingerprint density at radius 2 is 2.04 bits per heavy atom. The van der Waals surface area contributed by atoms with Crippen molar-refractivity contribution in [3.05, 3.63) is 53.2 Å². The Balaban J connectivity index is 2.16. The van der Waals surface area contributed by atoms with Gasteiger partial charge in [-0.25, -0.2) is 0 Å². The Morgan fingerprint density at radius 3 is 2.83 bits per heavy atom. The molecule has 23 heavy (non-hydrogen) atoms. The minimum atomic E-state index is -0.464. The van der Waals surface area contributed by atoms with Crippen molar-refractivity contribution in [3.63, 3.8) is 0 Å². The number of carbonyl (C=O) groups excluding carboxylic acids is 2. The first kappa shape index (κ1) is 14.3. The van der Waals surface area contributed by atoms with Gasteiger partial charge in [-0.3, -0.25) is 9.78 Å². The van der Waals surface area contributed by atoms with Gasteiger partial charge < -0.3 is 4.79 Å². The van der Waals surface area contributed by atoms with Gasteiger partial charge in [-0.1, -0.05) is 31.2 Å². The smallest absolute Gasteiger partial charge is 0.134 e. The molecule has 1 heterocycles. The standard InChI is InChI=1S/C20H19NO2/c1-13-5-3-6-15-17(13)19(2)11-14(23)12-20(19,8-10-22)16-7-4-9-21-18(15)16/h3-7,9-10H,8,11-12H2,1-2H3. The Morgan fingerprint density at radius 1 is 1.22 bits per heavy atom. The zero-order valence-electron chi connectivity index (χ0n) is 13.4. The highest BCUT2D eigenvalue weighted by molar-refractivity contribution is 5.91. The molecular weight excluding hydrogens is 286 g/mol. The van der Waals surface area contributed by atoms with Crippen molar-refractivity contribution in [2.75, 3.05) is 0 Å². The van der Waals surface area contributed by atoms with Crippen LogP contribution >= 0.6 is 0 Å². The number of aldehydes is 1. The summed E-state index contributed by atoms with van der Waals surface area (Å²) in [5.41, 5.74) is 4.65. The second-order valence-corrected chi connectivity index (χ2v) is 7.07. The third kappa shape index (κ3) is 1.62. The number of hydrogen-bond acceptors (Lipinski definition) is 3. The molecule has 2 aromatic rings. The fourth-order valence-corrected chi connectivity index (χ4v) is 5.03. The quantitative estimate of drug-likeness (QED) is 0.798. The second-order valence-electron chi connectivity index (χ2n) is 7.07. The van der Waals surface area contributed by atoms with Gasteiger partial charge in [0.25, 0.3) is 0 Å². The monoisotopic (exact) mass is 305 g/mol. The van der Waals surface area contributed by atoms with Gasteiger partial charge in [0.15, 0.2) is 0 Å². The molecule has 0 radical (unpaired) electrons. The van der Waals surface area contributed by atoms with Crippen LogP contribution in [0.25, 0.3) is 11.3 Å². The van der Waals surface area contributed by atoms with Gasteiger partial charge in [0, 0.05) is 41.9 Å². The zero-order chi connectivity index (χ0) is 16.2. The van der Waals surface area contributed by atoms with E-state index in [-0.39, 0.29) is 11.2 Å². The molecule has 3 nitrogen and oxygen atoms in total.